The third-order valence-electron chi connectivity index (χ3n) is 3.39. The molecule has 1 aromatic carbocycles. The minimum atomic E-state index is -0.417. The van der Waals surface area contributed by atoms with Gasteiger partial charge in [0.25, 0.3) is 5.69 Å². The van der Waals surface area contributed by atoms with Crippen molar-refractivity contribution in [3.63, 3.8) is 0 Å². The van der Waals surface area contributed by atoms with Gasteiger partial charge >= 0.3 is 0 Å². The van der Waals surface area contributed by atoms with Gasteiger partial charge in [-0.15, -0.1) is 0 Å². The molecule has 0 radical (unpaired) electrons. The largest absolute Gasteiger partial charge is 0.491 e. The Bertz CT molecular complexity index is 476. The van der Waals surface area contributed by atoms with Crippen LogP contribution in [0.3, 0.4) is 0 Å². The van der Waals surface area contributed by atoms with E-state index in [0.717, 1.165) is 37.2 Å². The van der Waals surface area contributed by atoms with E-state index in [-0.39, 0.29) is 5.69 Å². The number of rotatable bonds is 5. The second-order valence-corrected chi connectivity index (χ2v) is 5.72. The van der Waals surface area contributed by atoms with Gasteiger partial charge in [0.05, 0.1) is 15.5 Å². The van der Waals surface area contributed by atoms with Crippen LogP contribution in [-0.2, 0) is 0 Å². The molecule has 1 heterocycles. The van der Waals surface area contributed by atoms with E-state index in [1.165, 1.54) is 12.1 Å². The summed E-state index contributed by atoms with van der Waals surface area (Å²) in [5, 5.41) is 10.7. The number of hydrogen-bond donors (Lipinski definition) is 0. The molecular formula is C13H18BrN3O3. The van der Waals surface area contributed by atoms with Crippen LogP contribution in [0.5, 0.6) is 5.75 Å². The van der Waals surface area contributed by atoms with Crippen molar-refractivity contribution in [1.29, 1.82) is 0 Å². The lowest BCUT2D eigenvalue weighted by Gasteiger charge is -2.32. The highest BCUT2D eigenvalue weighted by Crippen LogP contribution is 2.29. The Morgan fingerprint density at radius 3 is 2.70 bits per heavy atom. The summed E-state index contributed by atoms with van der Waals surface area (Å²) in [7, 11) is 2.12. The van der Waals surface area contributed by atoms with Crippen molar-refractivity contribution in [3.8, 4) is 5.75 Å². The zero-order valence-electron chi connectivity index (χ0n) is 11.4. The van der Waals surface area contributed by atoms with Crippen LogP contribution in [0.4, 0.5) is 5.69 Å². The second kappa shape index (κ2) is 7.01. The molecule has 2 rings (SSSR count). The lowest BCUT2D eigenvalue weighted by molar-refractivity contribution is -0.385. The summed E-state index contributed by atoms with van der Waals surface area (Å²) in [5.41, 5.74) is 0.0443. The number of piperazine rings is 1. The lowest BCUT2D eigenvalue weighted by atomic mass is 10.3. The molecule has 0 N–H and O–H groups in total. The fraction of sp³-hybridized carbons (Fsp3) is 0.538. The van der Waals surface area contributed by atoms with Gasteiger partial charge in [-0.05, 0) is 29.0 Å². The second-order valence-electron chi connectivity index (χ2n) is 4.87. The molecule has 0 spiro atoms. The van der Waals surface area contributed by atoms with Crippen molar-refractivity contribution in [2.75, 3.05) is 46.4 Å². The number of nitrogens with zero attached hydrogens (tertiary/aromatic N) is 3. The number of hydrogen-bond acceptors (Lipinski definition) is 5. The highest BCUT2D eigenvalue weighted by atomic mass is 79.9. The molecule has 20 heavy (non-hydrogen) atoms. The summed E-state index contributed by atoms with van der Waals surface area (Å²) >= 11 is 3.35. The predicted molar refractivity (Wildman–Crippen MR) is 80.2 cm³/mol. The molecule has 6 nitrogen and oxygen atoms in total. The number of benzene rings is 1. The molecule has 0 saturated carbocycles. The first kappa shape index (κ1) is 15.2. The third kappa shape index (κ3) is 4.16. The average Bonchev–Trinajstić information content (AvgIpc) is 2.43. The maximum atomic E-state index is 10.7. The fourth-order valence-corrected chi connectivity index (χ4v) is 2.43. The zero-order valence-corrected chi connectivity index (χ0v) is 13.0. The van der Waals surface area contributed by atoms with E-state index in [1.807, 2.05) is 0 Å². The Morgan fingerprint density at radius 1 is 1.35 bits per heavy atom. The van der Waals surface area contributed by atoms with Crippen LogP contribution in [-0.4, -0.2) is 61.1 Å². The summed E-state index contributed by atoms with van der Waals surface area (Å²) in [6, 6.07) is 4.55. The molecule has 0 aromatic heterocycles. The molecule has 1 aromatic rings. The number of non-ortho nitro benzene ring substituents is 1. The maximum Gasteiger partial charge on any atom is 0.273 e. The fourth-order valence-electron chi connectivity index (χ4n) is 2.07. The molecule has 1 fully saturated rings. The molecule has 1 aliphatic rings. The molecule has 0 atom stereocenters. The van der Waals surface area contributed by atoms with Gasteiger partial charge in [0.1, 0.15) is 12.4 Å². The molecule has 0 bridgehead atoms. The van der Waals surface area contributed by atoms with Crippen LogP contribution in [0, 0.1) is 10.1 Å². The van der Waals surface area contributed by atoms with E-state index >= 15 is 0 Å². The first-order chi connectivity index (χ1) is 9.56. The van der Waals surface area contributed by atoms with Crippen LogP contribution in [0.15, 0.2) is 22.7 Å². The van der Waals surface area contributed by atoms with Crippen LogP contribution < -0.4 is 4.74 Å². The highest BCUT2D eigenvalue weighted by molar-refractivity contribution is 9.10. The minimum Gasteiger partial charge on any atom is -0.491 e. The number of nitro benzene ring substituents is 1. The maximum absolute atomic E-state index is 10.7. The standard InChI is InChI=1S/C13H18BrN3O3/c1-15-4-6-16(7-5-15)8-9-20-13-10-11(17(18)19)2-3-12(13)14/h2-3,10H,4-9H2,1H3. The summed E-state index contributed by atoms with van der Waals surface area (Å²) in [4.78, 5) is 15.0. The average molecular weight is 344 g/mol. The van der Waals surface area contributed by atoms with E-state index in [2.05, 4.69) is 32.8 Å². The van der Waals surface area contributed by atoms with Crippen molar-refractivity contribution in [3.05, 3.63) is 32.8 Å². The molecule has 7 heteroatoms. The van der Waals surface area contributed by atoms with Gasteiger partial charge in [-0.25, -0.2) is 0 Å². The van der Waals surface area contributed by atoms with Gasteiger partial charge in [-0.1, -0.05) is 0 Å². The summed E-state index contributed by atoms with van der Waals surface area (Å²) in [6.07, 6.45) is 0. The SMILES string of the molecule is CN1CCN(CCOc2cc([N+](=O)[O-])ccc2Br)CC1. The first-order valence-electron chi connectivity index (χ1n) is 6.54. The zero-order chi connectivity index (χ0) is 14.5. The molecular weight excluding hydrogens is 326 g/mol. The molecule has 0 unspecified atom stereocenters. The van der Waals surface area contributed by atoms with Crippen molar-refractivity contribution in [2.24, 2.45) is 0 Å². The Balaban J connectivity index is 1.84. The van der Waals surface area contributed by atoms with Crippen LogP contribution in [0.1, 0.15) is 0 Å². The van der Waals surface area contributed by atoms with Crippen LogP contribution >= 0.6 is 15.9 Å². The van der Waals surface area contributed by atoms with E-state index in [1.54, 1.807) is 6.07 Å². The molecule has 0 amide bonds. The molecule has 110 valence electrons. The van der Waals surface area contributed by atoms with Crippen LogP contribution in [0.25, 0.3) is 0 Å². The van der Waals surface area contributed by atoms with Gasteiger partial charge in [-0.2, -0.15) is 0 Å². The van der Waals surface area contributed by atoms with Gasteiger partial charge in [0.2, 0.25) is 0 Å². The number of likely N-dealkylation sites (N-methyl/N-ethyl adjacent to an activating group) is 1. The third-order valence-corrected chi connectivity index (χ3v) is 4.04. The van der Waals surface area contributed by atoms with Crippen LogP contribution in [0.2, 0.25) is 0 Å². The Hall–Kier alpha value is -1.18. The highest BCUT2D eigenvalue weighted by Gasteiger charge is 2.14. The summed E-state index contributed by atoms with van der Waals surface area (Å²) < 4.78 is 6.39. The molecule has 1 aliphatic heterocycles. The van der Waals surface area contributed by atoms with Gasteiger partial charge in [0.15, 0.2) is 0 Å². The topological polar surface area (TPSA) is 58.8 Å². The van der Waals surface area contributed by atoms with E-state index in [0.29, 0.717) is 12.4 Å². The van der Waals surface area contributed by atoms with E-state index in [4.69, 9.17) is 4.74 Å². The van der Waals surface area contributed by atoms with E-state index < -0.39 is 4.92 Å². The monoisotopic (exact) mass is 343 g/mol. The number of halogens is 1. The lowest BCUT2D eigenvalue weighted by Crippen LogP contribution is -2.45. The van der Waals surface area contributed by atoms with Crippen molar-refractivity contribution in [2.45, 2.75) is 0 Å². The molecule has 1 saturated heterocycles. The predicted octanol–water partition coefficient (Wildman–Crippen LogP) is 1.98. The van der Waals surface area contributed by atoms with Gasteiger partial charge in [-0.3, -0.25) is 15.0 Å². The Morgan fingerprint density at radius 2 is 2.05 bits per heavy atom. The minimum absolute atomic E-state index is 0.0443. The van der Waals surface area contributed by atoms with Gasteiger partial charge in [0, 0.05) is 38.8 Å². The molecule has 0 aliphatic carbocycles. The van der Waals surface area contributed by atoms with E-state index in [9.17, 15) is 10.1 Å². The van der Waals surface area contributed by atoms with Gasteiger partial charge < -0.3 is 9.64 Å². The Labute approximate surface area is 126 Å². The number of ether oxygens (including phenoxy) is 1. The summed E-state index contributed by atoms with van der Waals surface area (Å²) in [5.74, 6) is 0.522. The smallest absolute Gasteiger partial charge is 0.273 e. The van der Waals surface area contributed by atoms with Crippen molar-refractivity contribution in [1.82, 2.24) is 9.80 Å². The quantitative estimate of drug-likeness (QED) is 0.604. The van der Waals surface area contributed by atoms with Crippen molar-refractivity contribution < 1.29 is 9.66 Å². The summed E-state index contributed by atoms with van der Waals surface area (Å²) in [6.45, 7) is 5.58. The Kier molecular flexibility index (Phi) is 5.33. The first-order valence-corrected chi connectivity index (χ1v) is 7.33. The number of nitro groups is 1. The normalized spacial score (nSPS) is 17.1. The van der Waals surface area contributed by atoms with Crippen molar-refractivity contribution >= 4 is 21.6 Å².